The van der Waals surface area contributed by atoms with E-state index in [1.165, 1.54) is 6.92 Å². The number of carbonyl (C=O) groups is 1. The van der Waals surface area contributed by atoms with Gasteiger partial charge in [0.25, 0.3) is 0 Å². The molecule has 2 heteroatoms. The fourth-order valence-electron chi connectivity index (χ4n) is 1.97. The number of hydrogen-bond acceptors (Lipinski definition) is 1. The van der Waals surface area contributed by atoms with Crippen molar-refractivity contribution in [1.29, 1.82) is 0 Å². The van der Waals surface area contributed by atoms with Crippen LogP contribution in [-0.2, 0) is 6.42 Å². The third kappa shape index (κ3) is 1.57. The summed E-state index contributed by atoms with van der Waals surface area (Å²) in [6, 6.07) is 5.32. The molecule has 1 aromatic rings. The maximum atomic E-state index is 13.4. The Labute approximate surface area is 82.9 Å². The zero-order valence-electron chi connectivity index (χ0n) is 8.22. The van der Waals surface area contributed by atoms with Crippen molar-refractivity contribution in [2.45, 2.75) is 32.4 Å². The summed E-state index contributed by atoms with van der Waals surface area (Å²) in [5.74, 6) is 0.0498. The lowest BCUT2D eigenvalue weighted by Crippen LogP contribution is -2.07. The van der Waals surface area contributed by atoms with Crippen LogP contribution in [0, 0.1) is 0 Å². The number of fused-ring (bicyclic) bond motifs is 1. The van der Waals surface area contributed by atoms with Crippen LogP contribution in [0.3, 0.4) is 0 Å². The van der Waals surface area contributed by atoms with Crippen LogP contribution < -0.4 is 0 Å². The van der Waals surface area contributed by atoms with Gasteiger partial charge in [-0.25, -0.2) is 4.39 Å². The molecule has 0 heterocycles. The van der Waals surface area contributed by atoms with Gasteiger partial charge in [-0.3, -0.25) is 4.79 Å². The fourth-order valence-corrected chi connectivity index (χ4v) is 1.97. The van der Waals surface area contributed by atoms with E-state index in [9.17, 15) is 9.18 Å². The summed E-state index contributed by atoms with van der Waals surface area (Å²) in [4.78, 5) is 11.1. The highest BCUT2D eigenvalue weighted by Crippen LogP contribution is 2.32. The SMILES string of the molecule is CC(=O)c1ccc2c(c1)CCCC2F. The second-order valence-corrected chi connectivity index (χ2v) is 3.83. The van der Waals surface area contributed by atoms with Crippen molar-refractivity contribution in [3.63, 3.8) is 0 Å². The van der Waals surface area contributed by atoms with E-state index in [1.54, 1.807) is 12.1 Å². The first-order valence-corrected chi connectivity index (χ1v) is 4.96. The Bertz CT molecular complexity index is 371. The molecule has 0 amide bonds. The number of ketones is 1. The highest BCUT2D eigenvalue weighted by atomic mass is 19.1. The van der Waals surface area contributed by atoms with Gasteiger partial charge >= 0.3 is 0 Å². The van der Waals surface area contributed by atoms with Gasteiger partial charge < -0.3 is 0 Å². The minimum atomic E-state index is -0.834. The molecule has 74 valence electrons. The molecule has 1 atom stereocenters. The van der Waals surface area contributed by atoms with E-state index in [2.05, 4.69) is 0 Å². The second kappa shape index (κ2) is 3.52. The van der Waals surface area contributed by atoms with Crippen molar-refractivity contribution in [2.75, 3.05) is 0 Å². The Morgan fingerprint density at radius 3 is 3.00 bits per heavy atom. The number of hydrogen-bond donors (Lipinski definition) is 0. The van der Waals surface area contributed by atoms with E-state index >= 15 is 0 Å². The van der Waals surface area contributed by atoms with E-state index < -0.39 is 6.17 Å². The standard InChI is InChI=1S/C12H13FO/c1-8(14)9-5-6-11-10(7-9)3-2-4-12(11)13/h5-7,12H,2-4H2,1H3. The molecular weight excluding hydrogens is 179 g/mol. The second-order valence-electron chi connectivity index (χ2n) is 3.83. The van der Waals surface area contributed by atoms with Gasteiger partial charge in [-0.2, -0.15) is 0 Å². The smallest absolute Gasteiger partial charge is 0.159 e. The van der Waals surface area contributed by atoms with E-state index in [4.69, 9.17) is 0 Å². The van der Waals surface area contributed by atoms with E-state index in [-0.39, 0.29) is 5.78 Å². The van der Waals surface area contributed by atoms with Crippen LogP contribution in [0.25, 0.3) is 0 Å². The van der Waals surface area contributed by atoms with Crippen LogP contribution in [0.1, 0.15) is 47.4 Å². The third-order valence-electron chi connectivity index (χ3n) is 2.79. The van der Waals surface area contributed by atoms with Crippen LogP contribution in [0.2, 0.25) is 0 Å². The largest absolute Gasteiger partial charge is 0.295 e. The molecule has 0 N–H and O–H groups in total. The Hall–Kier alpha value is -1.18. The van der Waals surface area contributed by atoms with E-state index in [0.717, 1.165) is 24.0 Å². The van der Waals surface area contributed by atoms with Gasteiger partial charge in [-0.05, 0) is 43.4 Å². The van der Waals surface area contributed by atoms with Crippen LogP contribution >= 0.6 is 0 Å². The van der Waals surface area contributed by atoms with E-state index in [0.29, 0.717) is 12.0 Å². The number of alkyl halides is 1. The molecule has 0 fully saturated rings. The Morgan fingerprint density at radius 1 is 1.50 bits per heavy atom. The zero-order chi connectivity index (χ0) is 10.1. The number of Topliss-reactive ketones (excluding diaryl/α,β-unsaturated/α-hetero) is 1. The normalized spacial score (nSPS) is 20.3. The molecule has 1 aliphatic rings. The molecule has 14 heavy (non-hydrogen) atoms. The molecule has 1 nitrogen and oxygen atoms in total. The number of benzene rings is 1. The summed E-state index contributed by atoms with van der Waals surface area (Å²) in [5.41, 5.74) is 2.48. The predicted molar refractivity (Wildman–Crippen MR) is 53.2 cm³/mol. The summed E-state index contributed by atoms with van der Waals surface area (Å²) in [6.45, 7) is 1.54. The molecule has 0 radical (unpaired) electrons. The molecular formula is C12H13FO. The van der Waals surface area contributed by atoms with Crippen LogP contribution in [-0.4, -0.2) is 5.78 Å². The van der Waals surface area contributed by atoms with Gasteiger partial charge in [0.05, 0.1) is 0 Å². The summed E-state index contributed by atoms with van der Waals surface area (Å²) in [7, 11) is 0. The van der Waals surface area contributed by atoms with Crippen LogP contribution in [0.15, 0.2) is 18.2 Å². The molecule has 0 saturated carbocycles. The quantitative estimate of drug-likeness (QED) is 0.624. The summed E-state index contributed by atoms with van der Waals surface area (Å²) < 4.78 is 13.4. The molecule has 0 aliphatic heterocycles. The highest BCUT2D eigenvalue weighted by Gasteiger charge is 2.19. The lowest BCUT2D eigenvalue weighted by atomic mass is 9.88. The van der Waals surface area contributed by atoms with Crippen molar-refractivity contribution in [3.05, 3.63) is 34.9 Å². The Morgan fingerprint density at radius 2 is 2.29 bits per heavy atom. The lowest BCUT2D eigenvalue weighted by molar-refractivity contribution is 0.101. The first kappa shape index (κ1) is 9.38. The zero-order valence-corrected chi connectivity index (χ0v) is 8.22. The molecule has 0 saturated heterocycles. The number of aryl methyl sites for hydroxylation is 1. The van der Waals surface area contributed by atoms with Crippen molar-refractivity contribution in [2.24, 2.45) is 0 Å². The molecule has 1 aliphatic carbocycles. The highest BCUT2D eigenvalue weighted by molar-refractivity contribution is 5.94. The average Bonchev–Trinajstić information content (AvgIpc) is 2.17. The Kier molecular flexibility index (Phi) is 2.36. The molecule has 1 unspecified atom stereocenters. The first-order chi connectivity index (χ1) is 6.68. The third-order valence-corrected chi connectivity index (χ3v) is 2.79. The summed E-state index contributed by atoms with van der Waals surface area (Å²) in [5, 5.41) is 0. The molecule has 0 spiro atoms. The van der Waals surface area contributed by atoms with E-state index in [1.807, 2.05) is 6.07 Å². The maximum Gasteiger partial charge on any atom is 0.159 e. The number of rotatable bonds is 1. The van der Waals surface area contributed by atoms with Gasteiger partial charge in [0, 0.05) is 5.56 Å². The minimum Gasteiger partial charge on any atom is -0.295 e. The molecule has 0 aromatic heterocycles. The van der Waals surface area contributed by atoms with Gasteiger partial charge in [0.2, 0.25) is 0 Å². The molecule has 2 rings (SSSR count). The molecule has 0 bridgehead atoms. The van der Waals surface area contributed by atoms with Gasteiger partial charge in [-0.1, -0.05) is 12.1 Å². The van der Waals surface area contributed by atoms with Crippen molar-refractivity contribution >= 4 is 5.78 Å². The molecule has 1 aromatic carbocycles. The first-order valence-electron chi connectivity index (χ1n) is 4.96. The van der Waals surface area contributed by atoms with Crippen LogP contribution in [0.5, 0.6) is 0 Å². The maximum absolute atomic E-state index is 13.4. The summed E-state index contributed by atoms with van der Waals surface area (Å²) in [6.07, 6.45) is 1.57. The fraction of sp³-hybridized carbons (Fsp3) is 0.417. The van der Waals surface area contributed by atoms with Gasteiger partial charge in [0.1, 0.15) is 6.17 Å². The van der Waals surface area contributed by atoms with Crippen LogP contribution in [0.4, 0.5) is 4.39 Å². The number of carbonyl (C=O) groups excluding carboxylic acids is 1. The average molecular weight is 192 g/mol. The topological polar surface area (TPSA) is 17.1 Å². The van der Waals surface area contributed by atoms with Crippen molar-refractivity contribution in [1.82, 2.24) is 0 Å². The summed E-state index contributed by atoms with van der Waals surface area (Å²) >= 11 is 0. The van der Waals surface area contributed by atoms with Gasteiger partial charge in [-0.15, -0.1) is 0 Å². The monoisotopic (exact) mass is 192 g/mol. The van der Waals surface area contributed by atoms with Crippen molar-refractivity contribution in [3.8, 4) is 0 Å². The lowest BCUT2D eigenvalue weighted by Gasteiger charge is -2.19. The predicted octanol–water partition coefficient (Wildman–Crippen LogP) is 3.24. The van der Waals surface area contributed by atoms with Crippen molar-refractivity contribution < 1.29 is 9.18 Å². The minimum absolute atomic E-state index is 0.0498. The Balaban J connectivity index is 2.44. The van der Waals surface area contributed by atoms with Gasteiger partial charge in [0.15, 0.2) is 5.78 Å². The number of halogens is 1.